The molecule has 188 valence electrons. The minimum absolute atomic E-state index is 0. The van der Waals surface area contributed by atoms with Gasteiger partial charge in [0.1, 0.15) is 12.1 Å². The summed E-state index contributed by atoms with van der Waals surface area (Å²) in [5.74, 6) is 1.28. The van der Waals surface area contributed by atoms with Crippen LogP contribution in [0.15, 0.2) is 29.2 Å². The Kier molecular flexibility index (Phi) is 8.87. The Labute approximate surface area is 216 Å². The molecule has 2 saturated heterocycles. The van der Waals surface area contributed by atoms with Crippen LogP contribution >= 0.6 is 35.9 Å². The van der Waals surface area contributed by atoms with Crippen molar-refractivity contribution in [3.8, 4) is 0 Å². The molecule has 3 amide bonds. The van der Waals surface area contributed by atoms with E-state index in [1.165, 1.54) is 4.90 Å². The molecule has 0 bridgehead atoms. The number of thioether (sulfide) groups is 2. The Bertz CT molecular complexity index is 931. The monoisotopic (exact) mass is 526 g/mol. The maximum absolute atomic E-state index is 13.7. The van der Waals surface area contributed by atoms with Gasteiger partial charge >= 0.3 is 0 Å². The zero-order valence-electron chi connectivity index (χ0n) is 20.1. The molecule has 0 aromatic heterocycles. The van der Waals surface area contributed by atoms with E-state index >= 15 is 0 Å². The second kappa shape index (κ2) is 11.1. The van der Waals surface area contributed by atoms with Crippen LogP contribution in [-0.2, 0) is 14.4 Å². The fraction of sp³-hybridized carbons (Fsp3) is 0.625. The van der Waals surface area contributed by atoms with Gasteiger partial charge in [0.2, 0.25) is 17.7 Å². The Morgan fingerprint density at radius 1 is 1.12 bits per heavy atom. The third kappa shape index (κ3) is 5.37. The maximum atomic E-state index is 13.7. The fourth-order valence-electron chi connectivity index (χ4n) is 5.02. The van der Waals surface area contributed by atoms with Gasteiger partial charge in [-0.05, 0) is 56.0 Å². The molecule has 0 spiro atoms. The van der Waals surface area contributed by atoms with E-state index in [1.54, 1.807) is 30.6 Å². The standard InChI is InChI=1S/C24H34N4O3S2.ClH/c1-14(25-4)21(29)27-17-10-12-33-19-13-24(2,3)20(28(19)23(17)31)22(30)26-16-9-11-32-18-8-6-5-7-15(16)18;/h5-8,14,16-17,19-20,25H,9-13H2,1-4H3,(H,26,30)(H,27,29);1H/t14?,16-,17+,19?,20-;/m1./s1. The lowest BCUT2D eigenvalue weighted by molar-refractivity contribution is -0.144. The third-order valence-electron chi connectivity index (χ3n) is 6.96. The van der Waals surface area contributed by atoms with Gasteiger partial charge in [0, 0.05) is 10.6 Å². The summed E-state index contributed by atoms with van der Waals surface area (Å²) in [7, 11) is 1.72. The summed E-state index contributed by atoms with van der Waals surface area (Å²) in [5, 5.41) is 9.05. The molecular weight excluding hydrogens is 492 g/mol. The summed E-state index contributed by atoms with van der Waals surface area (Å²) >= 11 is 3.53. The number of nitrogens with one attached hydrogen (secondary N) is 3. The van der Waals surface area contributed by atoms with Crippen molar-refractivity contribution in [2.45, 2.75) is 74.5 Å². The molecule has 10 heteroatoms. The van der Waals surface area contributed by atoms with E-state index in [0.29, 0.717) is 6.42 Å². The van der Waals surface area contributed by atoms with Gasteiger partial charge in [-0.15, -0.1) is 35.9 Å². The molecule has 3 aliphatic heterocycles. The van der Waals surface area contributed by atoms with Crippen molar-refractivity contribution in [2.75, 3.05) is 18.6 Å². The summed E-state index contributed by atoms with van der Waals surface area (Å²) in [6.07, 6.45) is 2.19. The van der Waals surface area contributed by atoms with Gasteiger partial charge < -0.3 is 20.9 Å². The van der Waals surface area contributed by atoms with E-state index in [1.807, 2.05) is 23.9 Å². The van der Waals surface area contributed by atoms with Crippen LogP contribution in [0.4, 0.5) is 0 Å². The minimum Gasteiger partial charge on any atom is -0.347 e. The number of fused-ring (bicyclic) bond motifs is 2. The molecular formula is C24H35ClN4O3S2. The molecule has 3 N–H and O–H groups in total. The zero-order valence-corrected chi connectivity index (χ0v) is 22.6. The van der Waals surface area contributed by atoms with Crippen molar-refractivity contribution in [1.29, 1.82) is 0 Å². The number of hydrogen-bond donors (Lipinski definition) is 3. The number of hydrogen-bond acceptors (Lipinski definition) is 6. The number of benzene rings is 1. The highest BCUT2D eigenvalue weighted by Gasteiger charge is 2.54. The fourth-order valence-corrected chi connectivity index (χ4v) is 7.72. The van der Waals surface area contributed by atoms with Crippen molar-refractivity contribution in [2.24, 2.45) is 5.41 Å². The van der Waals surface area contributed by atoms with Gasteiger partial charge in [-0.3, -0.25) is 14.4 Å². The molecule has 34 heavy (non-hydrogen) atoms. The number of carbonyl (C=O) groups is 3. The molecule has 1 aromatic rings. The molecule has 4 rings (SSSR count). The van der Waals surface area contributed by atoms with Crippen LogP contribution in [0.1, 0.15) is 51.6 Å². The molecule has 1 aromatic carbocycles. The van der Waals surface area contributed by atoms with Crippen LogP contribution in [0, 0.1) is 5.41 Å². The van der Waals surface area contributed by atoms with E-state index in [9.17, 15) is 14.4 Å². The molecule has 0 radical (unpaired) electrons. The summed E-state index contributed by atoms with van der Waals surface area (Å²) in [5.41, 5.74) is 0.794. The third-order valence-corrected chi connectivity index (χ3v) is 9.34. The average Bonchev–Trinajstić information content (AvgIpc) is 2.99. The van der Waals surface area contributed by atoms with Gasteiger partial charge in [-0.25, -0.2) is 0 Å². The number of amides is 3. The van der Waals surface area contributed by atoms with Gasteiger partial charge in [0.15, 0.2) is 0 Å². The second-order valence-electron chi connectivity index (χ2n) is 9.76. The predicted octanol–water partition coefficient (Wildman–Crippen LogP) is 2.94. The lowest BCUT2D eigenvalue weighted by Gasteiger charge is -2.36. The highest BCUT2D eigenvalue weighted by Crippen LogP contribution is 2.46. The van der Waals surface area contributed by atoms with Gasteiger partial charge in [-0.1, -0.05) is 32.0 Å². The van der Waals surface area contributed by atoms with Crippen LogP contribution < -0.4 is 16.0 Å². The number of halogens is 1. The Morgan fingerprint density at radius 2 is 1.82 bits per heavy atom. The zero-order chi connectivity index (χ0) is 23.8. The molecule has 2 fully saturated rings. The Balaban J connectivity index is 0.00000324. The lowest BCUT2D eigenvalue weighted by atomic mass is 9.83. The van der Waals surface area contributed by atoms with Crippen LogP contribution in [0.5, 0.6) is 0 Å². The smallest absolute Gasteiger partial charge is 0.246 e. The maximum Gasteiger partial charge on any atom is 0.246 e. The first-order valence-corrected chi connectivity index (χ1v) is 13.7. The highest BCUT2D eigenvalue weighted by molar-refractivity contribution is 8.00. The van der Waals surface area contributed by atoms with Gasteiger partial charge in [0.05, 0.1) is 17.5 Å². The van der Waals surface area contributed by atoms with E-state index < -0.39 is 12.1 Å². The first-order chi connectivity index (χ1) is 15.7. The number of likely N-dealkylation sites (N-methyl/N-ethyl adjacent to an activating group) is 1. The summed E-state index contributed by atoms with van der Waals surface area (Å²) in [6.45, 7) is 5.91. The first kappa shape index (κ1) is 27.2. The molecule has 0 aliphatic carbocycles. The van der Waals surface area contributed by atoms with E-state index in [-0.39, 0.29) is 53.0 Å². The Morgan fingerprint density at radius 3 is 2.56 bits per heavy atom. The van der Waals surface area contributed by atoms with Crippen molar-refractivity contribution in [3.05, 3.63) is 29.8 Å². The minimum atomic E-state index is -0.609. The van der Waals surface area contributed by atoms with Crippen molar-refractivity contribution in [1.82, 2.24) is 20.9 Å². The van der Waals surface area contributed by atoms with Crippen molar-refractivity contribution >= 4 is 53.7 Å². The second-order valence-corrected chi connectivity index (χ2v) is 12.2. The predicted molar refractivity (Wildman–Crippen MR) is 140 cm³/mol. The number of nitrogens with zero attached hydrogens (tertiary/aromatic N) is 1. The van der Waals surface area contributed by atoms with Crippen molar-refractivity contribution in [3.63, 3.8) is 0 Å². The summed E-state index contributed by atoms with van der Waals surface area (Å²) in [4.78, 5) is 42.8. The lowest BCUT2D eigenvalue weighted by Crippen LogP contribution is -2.58. The summed E-state index contributed by atoms with van der Waals surface area (Å²) in [6, 6.07) is 6.60. The number of carbonyl (C=O) groups excluding carboxylic acids is 3. The molecule has 3 aliphatic rings. The summed E-state index contributed by atoms with van der Waals surface area (Å²) < 4.78 is 0. The quantitative estimate of drug-likeness (QED) is 0.546. The van der Waals surface area contributed by atoms with Crippen LogP contribution in [0.2, 0.25) is 0 Å². The SMILES string of the molecule is CNC(C)C(=O)N[C@H]1CCSC2CC(C)(C)[C@@H](C(=O)N[C@@H]3CCSc4ccccc43)N2C1=O.Cl. The van der Waals surface area contributed by atoms with Crippen LogP contribution in [0.25, 0.3) is 0 Å². The average molecular weight is 527 g/mol. The topological polar surface area (TPSA) is 90.5 Å². The van der Waals surface area contributed by atoms with Crippen molar-refractivity contribution < 1.29 is 14.4 Å². The van der Waals surface area contributed by atoms with Crippen LogP contribution in [-0.4, -0.2) is 64.7 Å². The molecule has 0 saturated carbocycles. The largest absolute Gasteiger partial charge is 0.347 e. The van der Waals surface area contributed by atoms with Gasteiger partial charge in [0.25, 0.3) is 0 Å². The first-order valence-electron chi connectivity index (χ1n) is 11.7. The molecule has 2 unspecified atom stereocenters. The van der Waals surface area contributed by atoms with E-state index in [0.717, 1.165) is 29.9 Å². The number of rotatable bonds is 5. The molecule has 7 nitrogen and oxygen atoms in total. The molecule has 3 heterocycles. The molecule has 5 atom stereocenters. The van der Waals surface area contributed by atoms with E-state index in [2.05, 4.69) is 41.9 Å². The van der Waals surface area contributed by atoms with E-state index in [4.69, 9.17) is 0 Å². The van der Waals surface area contributed by atoms with Gasteiger partial charge in [-0.2, -0.15) is 0 Å². The van der Waals surface area contributed by atoms with Crippen LogP contribution in [0.3, 0.4) is 0 Å². The normalized spacial score (nSPS) is 28.6. The highest BCUT2D eigenvalue weighted by atomic mass is 35.5. The Hall–Kier alpha value is -1.42.